The number of nitroso groups, excluding NO2 is 1. The second-order valence-electron chi connectivity index (χ2n) is 4.35. The molecule has 0 N–H and O–H groups in total. The lowest BCUT2D eigenvalue weighted by Gasteiger charge is -2.30. The SMILES string of the molecule is Cc1ccccc1N(N=O)C(C)(C)C. The molecule has 1 rings (SSSR count). The van der Waals surface area contributed by atoms with Gasteiger partial charge in [0.1, 0.15) is 0 Å². The first-order chi connectivity index (χ1) is 6.46. The van der Waals surface area contributed by atoms with Gasteiger partial charge in [-0.3, -0.25) is 0 Å². The Labute approximate surface area is 84.7 Å². The van der Waals surface area contributed by atoms with E-state index >= 15 is 0 Å². The summed E-state index contributed by atoms with van der Waals surface area (Å²) in [7, 11) is 0. The Kier molecular flexibility index (Phi) is 2.89. The molecule has 0 aliphatic carbocycles. The molecule has 0 fully saturated rings. The van der Waals surface area contributed by atoms with Gasteiger partial charge in [-0.2, -0.15) is 0 Å². The van der Waals surface area contributed by atoms with E-state index in [9.17, 15) is 4.91 Å². The van der Waals surface area contributed by atoms with E-state index in [4.69, 9.17) is 0 Å². The Balaban J connectivity index is 3.14. The summed E-state index contributed by atoms with van der Waals surface area (Å²) < 4.78 is 0. The quantitative estimate of drug-likeness (QED) is 0.532. The van der Waals surface area contributed by atoms with Gasteiger partial charge in [-0.1, -0.05) is 18.2 Å². The van der Waals surface area contributed by atoms with Crippen LogP contribution in [0.3, 0.4) is 0 Å². The monoisotopic (exact) mass is 192 g/mol. The molecule has 3 heteroatoms. The largest absolute Gasteiger partial charge is 0.224 e. The normalized spacial score (nSPS) is 11.1. The Hall–Kier alpha value is -1.38. The summed E-state index contributed by atoms with van der Waals surface area (Å²) in [6.07, 6.45) is 0. The molecular formula is C11H16N2O. The van der Waals surface area contributed by atoms with Gasteiger partial charge >= 0.3 is 0 Å². The van der Waals surface area contributed by atoms with E-state index in [0.717, 1.165) is 11.3 Å². The van der Waals surface area contributed by atoms with Crippen molar-refractivity contribution in [1.29, 1.82) is 0 Å². The van der Waals surface area contributed by atoms with Crippen LogP contribution in [-0.2, 0) is 0 Å². The summed E-state index contributed by atoms with van der Waals surface area (Å²) in [5, 5.41) is 4.58. The van der Waals surface area contributed by atoms with E-state index in [0.29, 0.717) is 0 Å². The number of anilines is 1. The van der Waals surface area contributed by atoms with Crippen molar-refractivity contribution in [3.63, 3.8) is 0 Å². The highest BCUT2D eigenvalue weighted by atomic mass is 16.3. The molecular weight excluding hydrogens is 176 g/mol. The molecule has 0 spiro atoms. The minimum absolute atomic E-state index is 0.284. The summed E-state index contributed by atoms with van der Waals surface area (Å²) in [5.41, 5.74) is 1.64. The summed E-state index contributed by atoms with van der Waals surface area (Å²) >= 11 is 0. The second-order valence-corrected chi connectivity index (χ2v) is 4.35. The van der Waals surface area contributed by atoms with E-state index in [1.165, 1.54) is 5.01 Å². The van der Waals surface area contributed by atoms with E-state index in [1.807, 2.05) is 52.0 Å². The van der Waals surface area contributed by atoms with E-state index in [1.54, 1.807) is 0 Å². The average molecular weight is 192 g/mol. The maximum atomic E-state index is 10.8. The number of hydrogen-bond acceptors (Lipinski definition) is 2. The molecule has 0 saturated heterocycles. The van der Waals surface area contributed by atoms with Gasteiger partial charge in [0.2, 0.25) is 0 Å². The minimum Gasteiger partial charge on any atom is -0.224 e. The van der Waals surface area contributed by atoms with Gasteiger partial charge in [0, 0.05) is 0 Å². The standard InChI is InChI=1S/C11H16N2O/c1-9-7-5-6-8-10(9)13(12-14)11(2,3)4/h5-8H,1-4H3. The molecule has 1 aromatic rings. The lowest BCUT2D eigenvalue weighted by molar-refractivity contribution is 0.512. The van der Waals surface area contributed by atoms with Crippen LogP contribution in [0.1, 0.15) is 26.3 Å². The van der Waals surface area contributed by atoms with Gasteiger partial charge in [-0.25, -0.2) is 5.01 Å². The van der Waals surface area contributed by atoms with Crippen LogP contribution in [0.5, 0.6) is 0 Å². The van der Waals surface area contributed by atoms with Crippen molar-refractivity contribution in [2.24, 2.45) is 5.29 Å². The molecule has 0 aromatic heterocycles. The predicted octanol–water partition coefficient (Wildman–Crippen LogP) is 3.28. The topological polar surface area (TPSA) is 32.7 Å². The van der Waals surface area contributed by atoms with Crippen LogP contribution in [0.15, 0.2) is 29.6 Å². The Morgan fingerprint density at radius 2 is 1.79 bits per heavy atom. The Bertz CT molecular complexity index is 328. The molecule has 0 unspecified atom stereocenters. The van der Waals surface area contributed by atoms with Crippen LogP contribution in [0.4, 0.5) is 5.69 Å². The van der Waals surface area contributed by atoms with Crippen LogP contribution < -0.4 is 5.01 Å². The number of aryl methyl sites for hydroxylation is 1. The molecule has 3 nitrogen and oxygen atoms in total. The number of nitrogens with zero attached hydrogens (tertiary/aromatic N) is 2. The van der Waals surface area contributed by atoms with Crippen molar-refractivity contribution in [1.82, 2.24) is 0 Å². The lowest BCUT2D eigenvalue weighted by atomic mass is 10.1. The van der Waals surface area contributed by atoms with Crippen molar-refractivity contribution < 1.29 is 0 Å². The summed E-state index contributed by atoms with van der Waals surface area (Å²) in [6, 6.07) is 7.73. The van der Waals surface area contributed by atoms with Crippen LogP contribution in [0, 0.1) is 11.8 Å². The van der Waals surface area contributed by atoms with Gasteiger partial charge in [-0.05, 0) is 39.3 Å². The fourth-order valence-corrected chi connectivity index (χ4v) is 1.33. The summed E-state index contributed by atoms with van der Waals surface area (Å²) in [6.45, 7) is 7.85. The maximum absolute atomic E-state index is 10.8. The lowest BCUT2D eigenvalue weighted by Crippen LogP contribution is -2.37. The molecule has 0 aliphatic heterocycles. The van der Waals surface area contributed by atoms with Gasteiger partial charge < -0.3 is 0 Å². The molecule has 0 radical (unpaired) electrons. The Morgan fingerprint density at radius 3 is 2.21 bits per heavy atom. The third kappa shape index (κ3) is 2.10. The first-order valence-corrected chi connectivity index (χ1v) is 4.66. The molecule has 76 valence electrons. The molecule has 0 saturated carbocycles. The molecule has 0 heterocycles. The molecule has 0 amide bonds. The maximum Gasteiger partial charge on any atom is 0.0661 e. The fraction of sp³-hybridized carbons (Fsp3) is 0.455. The van der Waals surface area contributed by atoms with E-state index < -0.39 is 0 Å². The van der Waals surface area contributed by atoms with Crippen molar-refractivity contribution >= 4 is 5.69 Å². The van der Waals surface area contributed by atoms with Crippen LogP contribution in [-0.4, -0.2) is 5.54 Å². The van der Waals surface area contributed by atoms with E-state index in [-0.39, 0.29) is 5.54 Å². The Morgan fingerprint density at radius 1 is 1.21 bits per heavy atom. The highest BCUT2D eigenvalue weighted by molar-refractivity contribution is 5.53. The van der Waals surface area contributed by atoms with Crippen LogP contribution in [0.25, 0.3) is 0 Å². The van der Waals surface area contributed by atoms with Crippen LogP contribution >= 0.6 is 0 Å². The zero-order chi connectivity index (χ0) is 10.8. The van der Waals surface area contributed by atoms with Gasteiger partial charge in [-0.15, -0.1) is 4.91 Å². The van der Waals surface area contributed by atoms with Gasteiger partial charge in [0.15, 0.2) is 0 Å². The molecule has 0 bridgehead atoms. The fourth-order valence-electron chi connectivity index (χ4n) is 1.33. The molecule has 0 aliphatic rings. The number of benzene rings is 1. The summed E-state index contributed by atoms with van der Waals surface area (Å²) in [4.78, 5) is 10.8. The van der Waals surface area contributed by atoms with Gasteiger partial charge in [0.05, 0.1) is 16.5 Å². The van der Waals surface area contributed by atoms with Crippen molar-refractivity contribution in [3.05, 3.63) is 34.7 Å². The zero-order valence-electron chi connectivity index (χ0n) is 9.11. The predicted molar refractivity (Wildman–Crippen MR) is 59.2 cm³/mol. The number of rotatable bonds is 2. The smallest absolute Gasteiger partial charge is 0.0661 e. The summed E-state index contributed by atoms with van der Waals surface area (Å²) in [5.74, 6) is 0. The third-order valence-corrected chi connectivity index (χ3v) is 2.06. The number of hydrogen-bond donors (Lipinski definition) is 0. The highest BCUT2D eigenvalue weighted by Gasteiger charge is 2.23. The average Bonchev–Trinajstić information content (AvgIpc) is 2.07. The first kappa shape index (κ1) is 10.7. The highest BCUT2D eigenvalue weighted by Crippen LogP contribution is 2.26. The zero-order valence-corrected chi connectivity index (χ0v) is 9.11. The van der Waals surface area contributed by atoms with Crippen molar-refractivity contribution in [2.75, 3.05) is 5.01 Å². The molecule has 1 aromatic carbocycles. The van der Waals surface area contributed by atoms with Crippen molar-refractivity contribution in [2.45, 2.75) is 33.2 Å². The molecule has 14 heavy (non-hydrogen) atoms. The van der Waals surface area contributed by atoms with E-state index in [2.05, 4.69) is 5.29 Å². The number of para-hydroxylation sites is 1. The third-order valence-electron chi connectivity index (χ3n) is 2.06. The van der Waals surface area contributed by atoms with Crippen molar-refractivity contribution in [3.8, 4) is 0 Å². The first-order valence-electron chi connectivity index (χ1n) is 4.66. The molecule has 0 atom stereocenters. The minimum atomic E-state index is -0.284. The second kappa shape index (κ2) is 3.78. The van der Waals surface area contributed by atoms with Gasteiger partial charge in [0.25, 0.3) is 0 Å². The van der Waals surface area contributed by atoms with Crippen LogP contribution in [0.2, 0.25) is 0 Å².